The van der Waals surface area contributed by atoms with Crippen LogP contribution in [0.15, 0.2) is 0 Å². The van der Waals surface area contributed by atoms with Crippen LogP contribution in [-0.2, 0) is 23.7 Å². The Hall–Kier alpha value is -0.360. The van der Waals surface area contributed by atoms with Crippen molar-refractivity contribution in [3.8, 4) is 0 Å². The fraction of sp³-hybridized carbons (Fsp3) is 1.00. The second-order valence-electron chi connectivity index (χ2n) is 18.4. The van der Waals surface area contributed by atoms with Crippen LogP contribution < -0.4 is 5.32 Å². The molecular weight excluding hydrogens is 608 g/mol. The molecule has 7 aliphatic rings. The van der Waals surface area contributed by atoms with Gasteiger partial charge in [0.25, 0.3) is 0 Å². The number of methoxy groups -OCH3 is 1. The van der Waals surface area contributed by atoms with Crippen molar-refractivity contribution in [3.05, 3.63) is 0 Å². The Labute approximate surface area is 290 Å². The molecule has 2 heterocycles. The van der Waals surface area contributed by atoms with Crippen molar-refractivity contribution in [2.45, 2.75) is 142 Å². The third kappa shape index (κ3) is 5.76. The Balaban J connectivity index is 1.02. The highest BCUT2D eigenvalue weighted by atomic mass is 16.7. The van der Waals surface area contributed by atoms with Gasteiger partial charge in [-0.2, -0.15) is 0 Å². The molecule has 7 fully saturated rings. The summed E-state index contributed by atoms with van der Waals surface area (Å²) in [5.41, 5.74) is -0.0611. The van der Waals surface area contributed by atoms with Gasteiger partial charge in [-0.3, -0.25) is 4.90 Å². The minimum absolute atomic E-state index is 0.0881. The van der Waals surface area contributed by atoms with E-state index in [1.54, 1.807) is 7.11 Å². The Bertz CT molecular complexity index is 1130. The number of rotatable bonds is 12. The maximum absolute atomic E-state index is 12.2. The van der Waals surface area contributed by atoms with E-state index in [4.69, 9.17) is 23.7 Å². The lowest BCUT2D eigenvalue weighted by Crippen LogP contribution is -2.57. The number of nitrogens with zero attached hydrogens (tertiary/aromatic N) is 1. The number of ether oxygens (including phenoxy) is 5. The first-order chi connectivity index (χ1) is 22.8. The van der Waals surface area contributed by atoms with Crippen LogP contribution in [0.1, 0.15) is 99.3 Å². The summed E-state index contributed by atoms with van der Waals surface area (Å²) in [7, 11) is 1.74. The van der Waals surface area contributed by atoms with Gasteiger partial charge in [-0.15, -0.1) is 0 Å². The highest BCUT2D eigenvalue weighted by Crippen LogP contribution is 2.87. The van der Waals surface area contributed by atoms with Crippen LogP contribution in [0, 0.1) is 45.3 Å². The fourth-order valence-electron chi connectivity index (χ4n) is 13.4. The van der Waals surface area contributed by atoms with Gasteiger partial charge in [-0.1, -0.05) is 20.8 Å². The van der Waals surface area contributed by atoms with Gasteiger partial charge in [0.15, 0.2) is 6.29 Å². The van der Waals surface area contributed by atoms with Crippen LogP contribution in [0.2, 0.25) is 0 Å². The van der Waals surface area contributed by atoms with E-state index >= 15 is 0 Å². The number of hydrogen-bond donors (Lipinski definition) is 3. The van der Waals surface area contributed by atoms with E-state index in [1.165, 1.54) is 38.5 Å². The van der Waals surface area contributed by atoms with Crippen molar-refractivity contribution >= 4 is 0 Å². The van der Waals surface area contributed by atoms with E-state index in [0.29, 0.717) is 35.2 Å². The summed E-state index contributed by atoms with van der Waals surface area (Å²) in [6.45, 7) is 19.8. The van der Waals surface area contributed by atoms with Gasteiger partial charge in [0, 0.05) is 46.4 Å². The summed E-state index contributed by atoms with van der Waals surface area (Å²) < 4.78 is 31.2. The van der Waals surface area contributed by atoms with Crippen molar-refractivity contribution in [1.82, 2.24) is 10.2 Å². The second-order valence-corrected chi connectivity index (χ2v) is 18.4. The zero-order valence-corrected chi connectivity index (χ0v) is 31.2. The molecule has 5 aliphatic carbocycles. The number of nitrogens with one attached hydrogen (secondary N) is 1. The van der Waals surface area contributed by atoms with Crippen molar-refractivity contribution in [2.75, 3.05) is 59.7 Å². The lowest BCUT2D eigenvalue weighted by molar-refractivity contribution is -0.245. The molecule has 9 heteroatoms. The van der Waals surface area contributed by atoms with Gasteiger partial charge < -0.3 is 39.2 Å². The predicted molar refractivity (Wildman–Crippen MR) is 184 cm³/mol. The molecule has 0 amide bonds. The first-order valence-electron chi connectivity index (χ1n) is 19.7. The van der Waals surface area contributed by atoms with E-state index in [0.717, 1.165) is 65.2 Å². The van der Waals surface area contributed by atoms with E-state index in [-0.39, 0.29) is 47.5 Å². The lowest BCUT2D eigenvalue weighted by atomic mass is 9.46. The van der Waals surface area contributed by atoms with Crippen molar-refractivity contribution in [1.29, 1.82) is 0 Å². The van der Waals surface area contributed by atoms with Crippen LogP contribution in [0.5, 0.6) is 0 Å². The number of morpholine rings is 1. The SMILES string of the molecule is CCO[C@@H](C1CC[C@H]2C(O1)C(O)C1C3CC[C@H]4C(C)(C)[C@@H](OC5CN(CCNCCOC)CCO5)CC[C@@]45C[C@@]35CC[C@@]12C)C(C)(C)O. The molecule has 2 saturated heterocycles. The van der Waals surface area contributed by atoms with Gasteiger partial charge in [-0.05, 0) is 124 Å². The summed E-state index contributed by atoms with van der Waals surface area (Å²) in [4.78, 5) is 2.48. The van der Waals surface area contributed by atoms with Gasteiger partial charge in [0.1, 0.15) is 6.10 Å². The van der Waals surface area contributed by atoms with E-state index in [9.17, 15) is 10.2 Å². The predicted octanol–water partition coefficient (Wildman–Crippen LogP) is 4.62. The summed E-state index contributed by atoms with van der Waals surface area (Å²) in [6.07, 6.45) is 9.41. The largest absolute Gasteiger partial charge is 0.390 e. The summed E-state index contributed by atoms with van der Waals surface area (Å²) >= 11 is 0. The first-order valence-corrected chi connectivity index (χ1v) is 19.7. The van der Waals surface area contributed by atoms with Crippen LogP contribution in [-0.4, -0.2) is 117 Å². The molecule has 5 saturated carbocycles. The number of aliphatic hydroxyl groups excluding tert-OH is 1. The monoisotopic (exact) mass is 677 g/mol. The highest BCUT2D eigenvalue weighted by Gasteiger charge is 2.81. The first kappa shape index (κ1) is 36.0. The zero-order valence-electron chi connectivity index (χ0n) is 31.2. The fourth-order valence-corrected chi connectivity index (χ4v) is 13.4. The molecule has 7 rings (SSSR count). The second kappa shape index (κ2) is 13.2. The Kier molecular flexibility index (Phi) is 9.94. The van der Waals surface area contributed by atoms with Crippen molar-refractivity contribution < 1.29 is 33.9 Å². The standard InChI is InChI=1S/C39H68N2O7/c1-8-45-34(36(4,5)43)27-11-9-26-33(47-27)32(42)31-25-10-12-28-35(2,3)29(13-14-39(28)24-38(25,39)16-15-37(26,31)6)48-30-23-41(20-22-46-30)19-17-40-18-21-44-7/h25-34,40,42-43H,8-24H2,1-7H3/t25?,26-,27?,28-,29-,30?,31?,32?,33?,34-,37+,38-,39+/m0/s1. The molecule has 9 nitrogen and oxygen atoms in total. The number of hydrogen-bond acceptors (Lipinski definition) is 9. The van der Waals surface area contributed by atoms with Crippen LogP contribution in [0.4, 0.5) is 0 Å². The number of fused-ring (bicyclic) bond motifs is 4. The summed E-state index contributed by atoms with van der Waals surface area (Å²) in [6, 6.07) is 0. The average molecular weight is 677 g/mol. The molecule has 48 heavy (non-hydrogen) atoms. The molecule has 6 unspecified atom stereocenters. The van der Waals surface area contributed by atoms with Crippen molar-refractivity contribution in [2.24, 2.45) is 45.3 Å². The molecule has 0 aromatic heterocycles. The van der Waals surface area contributed by atoms with E-state index in [2.05, 4.69) is 31.0 Å². The molecule has 0 bridgehead atoms. The average Bonchev–Trinajstić information content (AvgIpc) is 3.66. The molecule has 0 aromatic rings. The molecule has 2 aliphatic heterocycles. The Morgan fingerprint density at radius 1 is 1.00 bits per heavy atom. The molecule has 0 radical (unpaired) electrons. The minimum Gasteiger partial charge on any atom is -0.390 e. The molecule has 2 spiro atoms. The summed E-state index contributed by atoms with van der Waals surface area (Å²) in [5.74, 6) is 1.87. The topological polar surface area (TPSA) is 102 Å². The third-order valence-corrected chi connectivity index (χ3v) is 15.5. The normalized spacial score (nSPS) is 47.3. The lowest BCUT2D eigenvalue weighted by Gasteiger charge is -2.60. The van der Waals surface area contributed by atoms with Crippen LogP contribution >= 0.6 is 0 Å². The Morgan fingerprint density at radius 3 is 2.54 bits per heavy atom. The summed E-state index contributed by atoms with van der Waals surface area (Å²) in [5, 5.41) is 26.7. The molecular formula is C39H68N2O7. The van der Waals surface area contributed by atoms with Crippen molar-refractivity contribution in [3.63, 3.8) is 0 Å². The van der Waals surface area contributed by atoms with Gasteiger partial charge in [0.05, 0.1) is 43.2 Å². The number of aliphatic hydroxyl groups is 2. The third-order valence-electron chi connectivity index (χ3n) is 15.5. The quantitative estimate of drug-likeness (QED) is 0.256. The molecule has 3 N–H and O–H groups in total. The van der Waals surface area contributed by atoms with E-state index < -0.39 is 11.7 Å². The molecule has 0 aromatic carbocycles. The zero-order chi connectivity index (χ0) is 34.1. The highest BCUT2D eigenvalue weighted by molar-refractivity contribution is 5.30. The van der Waals surface area contributed by atoms with Crippen LogP contribution in [0.3, 0.4) is 0 Å². The van der Waals surface area contributed by atoms with E-state index in [1.807, 2.05) is 20.8 Å². The maximum Gasteiger partial charge on any atom is 0.170 e. The van der Waals surface area contributed by atoms with Gasteiger partial charge in [0.2, 0.25) is 0 Å². The van der Waals surface area contributed by atoms with Gasteiger partial charge >= 0.3 is 0 Å². The Morgan fingerprint density at radius 2 is 1.79 bits per heavy atom. The molecule has 276 valence electrons. The molecule has 13 atom stereocenters. The van der Waals surface area contributed by atoms with Crippen LogP contribution in [0.25, 0.3) is 0 Å². The van der Waals surface area contributed by atoms with Gasteiger partial charge in [-0.25, -0.2) is 0 Å². The smallest absolute Gasteiger partial charge is 0.170 e. The minimum atomic E-state index is -0.990. The maximum atomic E-state index is 12.2.